The van der Waals surface area contributed by atoms with Crippen molar-refractivity contribution in [3.05, 3.63) is 39.9 Å². The number of nitrogens with zero attached hydrogens (tertiary/aromatic N) is 3. The molecule has 2 amide bonds. The van der Waals surface area contributed by atoms with E-state index in [4.69, 9.17) is 16.3 Å². The van der Waals surface area contributed by atoms with E-state index in [1.807, 2.05) is 0 Å². The Labute approximate surface area is 217 Å². The van der Waals surface area contributed by atoms with Crippen LogP contribution in [0.1, 0.15) is 41.6 Å². The number of aromatic carboxylic acids is 1. The second-order valence-corrected chi connectivity index (χ2v) is 9.76. The first-order valence-electron chi connectivity index (χ1n) is 11.7. The van der Waals surface area contributed by atoms with Gasteiger partial charge in [0, 0.05) is 38.3 Å². The van der Waals surface area contributed by atoms with Crippen LogP contribution in [0, 0.1) is 11.6 Å². The molecular formula is C23H30ClF2N5O4S. The van der Waals surface area contributed by atoms with Gasteiger partial charge < -0.3 is 25.0 Å². The summed E-state index contributed by atoms with van der Waals surface area (Å²) in [5.41, 5.74) is -0.522. The summed E-state index contributed by atoms with van der Waals surface area (Å²) < 4.78 is 36.7. The van der Waals surface area contributed by atoms with Gasteiger partial charge in [0.1, 0.15) is 23.2 Å². The van der Waals surface area contributed by atoms with Gasteiger partial charge in [-0.3, -0.25) is 5.32 Å². The van der Waals surface area contributed by atoms with Gasteiger partial charge in [0.25, 0.3) is 0 Å². The fourth-order valence-electron chi connectivity index (χ4n) is 3.70. The summed E-state index contributed by atoms with van der Waals surface area (Å²) in [7, 11) is 2.14. The predicted octanol–water partition coefficient (Wildman–Crippen LogP) is 4.28. The van der Waals surface area contributed by atoms with Crippen LogP contribution in [0.25, 0.3) is 0 Å². The molecule has 198 valence electrons. The number of halogens is 3. The minimum Gasteiger partial charge on any atom is -0.477 e. The maximum Gasteiger partial charge on any atom is 0.344 e. The largest absolute Gasteiger partial charge is 0.477 e. The number of hydrogen-bond acceptors (Lipinski definition) is 7. The van der Waals surface area contributed by atoms with Crippen LogP contribution in [0.4, 0.5) is 18.6 Å². The van der Waals surface area contributed by atoms with Crippen molar-refractivity contribution >= 4 is 40.1 Å². The first kappa shape index (κ1) is 28.0. The highest BCUT2D eigenvalue weighted by molar-refractivity contribution is 7.11. The maximum atomic E-state index is 13.9. The monoisotopic (exact) mass is 545 g/mol. The lowest BCUT2D eigenvalue weighted by atomic mass is 10.2. The Bertz CT molecular complexity index is 1050. The quantitative estimate of drug-likeness (QED) is 0.270. The van der Waals surface area contributed by atoms with Crippen molar-refractivity contribution in [3.8, 4) is 5.88 Å². The molecule has 0 radical (unpaired) electrons. The molecule has 0 spiro atoms. The molecule has 9 nitrogen and oxygen atoms in total. The molecule has 36 heavy (non-hydrogen) atoms. The van der Waals surface area contributed by atoms with Gasteiger partial charge in [0.15, 0.2) is 5.56 Å². The van der Waals surface area contributed by atoms with Gasteiger partial charge in [-0.1, -0.05) is 24.4 Å². The molecule has 1 aliphatic heterocycles. The number of ether oxygens (including phenoxy) is 1. The smallest absolute Gasteiger partial charge is 0.344 e. The first-order valence-corrected chi connectivity index (χ1v) is 12.8. The van der Waals surface area contributed by atoms with Gasteiger partial charge in [-0.25, -0.2) is 18.4 Å². The molecule has 3 N–H and O–H groups in total. The highest BCUT2D eigenvalue weighted by Crippen LogP contribution is 2.31. The number of aromatic nitrogens is 1. The van der Waals surface area contributed by atoms with E-state index < -0.39 is 30.2 Å². The number of hydrogen-bond donors (Lipinski definition) is 3. The highest BCUT2D eigenvalue weighted by atomic mass is 35.5. The molecular weight excluding hydrogens is 516 g/mol. The second-order valence-electron chi connectivity index (χ2n) is 8.58. The minimum atomic E-state index is -1.38. The Balaban J connectivity index is 1.40. The molecule has 0 atom stereocenters. The number of likely N-dealkylation sites (N-methyl/N-ethyl adjacent to an activating group) is 1. The lowest BCUT2D eigenvalue weighted by Crippen LogP contribution is -2.44. The topological polar surface area (TPSA) is 107 Å². The molecule has 1 aromatic carbocycles. The highest BCUT2D eigenvalue weighted by Gasteiger charge is 2.24. The second kappa shape index (κ2) is 13.7. The van der Waals surface area contributed by atoms with Crippen LogP contribution in [0.2, 0.25) is 5.02 Å². The fraction of sp³-hybridized carbons (Fsp3) is 0.522. The van der Waals surface area contributed by atoms with Crippen molar-refractivity contribution in [2.24, 2.45) is 0 Å². The molecule has 13 heteroatoms. The van der Waals surface area contributed by atoms with E-state index in [0.29, 0.717) is 6.54 Å². The van der Waals surface area contributed by atoms with Gasteiger partial charge >= 0.3 is 12.0 Å². The van der Waals surface area contributed by atoms with Crippen LogP contribution in [0.3, 0.4) is 0 Å². The summed E-state index contributed by atoms with van der Waals surface area (Å²) in [5, 5.41) is 14.3. The standard InChI is InChI=1S/C23H30ClF2N5O4S/c1-30-8-10-31(11-9-30)7-5-3-2-4-6-27-23(34)28-21-19(22(32)33)20(29-36-21)35-14-15-12-18(26)16(24)13-17(15)25/h12-13H,2-11,14H2,1H3,(H,32,33)(H2,27,28,34). The molecule has 2 heterocycles. The molecule has 2 aromatic rings. The zero-order chi connectivity index (χ0) is 26.1. The van der Waals surface area contributed by atoms with Crippen molar-refractivity contribution in [2.75, 3.05) is 51.6 Å². The Hall–Kier alpha value is -2.54. The minimum absolute atomic E-state index is 0.0232. The number of carbonyl (C=O) groups is 2. The molecule has 3 rings (SSSR count). The van der Waals surface area contributed by atoms with Gasteiger partial charge in [0.05, 0.1) is 5.02 Å². The maximum absolute atomic E-state index is 13.9. The zero-order valence-corrected chi connectivity index (χ0v) is 21.6. The van der Waals surface area contributed by atoms with E-state index in [0.717, 1.165) is 82.1 Å². The third-order valence-electron chi connectivity index (χ3n) is 5.84. The van der Waals surface area contributed by atoms with Crippen molar-refractivity contribution in [2.45, 2.75) is 32.3 Å². The number of benzene rings is 1. The van der Waals surface area contributed by atoms with Gasteiger partial charge in [-0.2, -0.15) is 4.37 Å². The summed E-state index contributed by atoms with van der Waals surface area (Å²) in [6.45, 7) is 5.51. The van der Waals surface area contributed by atoms with E-state index in [1.54, 1.807) is 0 Å². The molecule has 0 aliphatic carbocycles. The van der Waals surface area contributed by atoms with E-state index >= 15 is 0 Å². The number of amides is 2. The molecule has 1 aliphatic rings. The number of anilines is 1. The van der Waals surface area contributed by atoms with E-state index in [1.165, 1.54) is 0 Å². The molecule has 0 unspecified atom stereocenters. The summed E-state index contributed by atoms with van der Waals surface area (Å²) in [6, 6.07) is 1.11. The van der Waals surface area contributed by atoms with Crippen molar-refractivity contribution in [3.63, 3.8) is 0 Å². The van der Waals surface area contributed by atoms with Crippen LogP contribution in [0.5, 0.6) is 5.88 Å². The van der Waals surface area contributed by atoms with Gasteiger partial charge in [-0.15, -0.1) is 0 Å². The van der Waals surface area contributed by atoms with E-state index in [2.05, 4.69) is 31.9 Å². The van der Waals surface area contributed by atoms with Crippen molar-refractivity contribution in [1.82, 2.24) is 19.5 Å². The third kappa shape index (κ3) is 8.26. The number of piperazine rings is 1. The zero-order valence-electron chi connectivity index (χ0n) is 20.0. The van der Waals surface area contributed by atoms with Crippen molar-refractivity contribution < 1.29 is 28.2 Å². The summed E-state index contributed by atoms with van der Waals surface area (Å²) in [6.07, 6.45) is 3.98. The molecule has 1 aromatic heterocycles. The number of urea groups is 1. The van der Waals surface area contributed by atoms with Gasteiger partial charge in [0.2, 0.25) is 5.88 Å². The number of carboxylic acids is 1. The molecule has 0 saturated carbocycles. The van der Waals surface area contributed by atoms with Crippen LogP contribution in [-0.2, 0) is 6.61 Å². The summed E-state index contributed by atoms with van der Waals surface area (Å²) in [4.78, 5) is 28.7. The Kier molecular flexibility index (Phi) is 10.7. The first-order chi connectivity index (χ1) is 17.2. The normalized spacial score (nSPS) is 14.6. The summed E-state index contributed by atoms with van der Waals surface area (Å²) >= 11 is 6.25. The summed E-state index contributed by atoms with van der Waals surface area (Å²) in [5.74, 6) is -3.32. The third-order valence-corrected chi connectivity index (χ3v) is 6.87. The average Bonchev–Trinajstić information content (AvgIpc) is 3.23. The lowest BCUT2D eigenvalue weighted by Gasteiger charge is -2.32. The van der Waals surface area contributed by atoms with Gasteiger partial charge in [-0.05, 0) is 50.1 Å². The number of carboxylic acid groups (broad SMARTS) is 1. The van der Waals surface area contributed by atoms with E-state index in [9.17, 15) is 23.5 Å². The predicted molar refractivity (Wildman–Crippen MR) is 134 cm³/mol. The van der Waals surface area contributed by atoms with Crippen LogP contribution < -0.4 is 15.4 Å². The number of rotatable bonds is 12. The Morgan fingerprint density at radius 2 is 1.86 bits per heavy atom. The van der Waals surface area contributed by atoms with Crippen LogP contribution in [0.15, 0.2) is 12.1 Å². The van der Waals surface area contributed by atoms with E-state index in [-0.39, 0.29) is 27.0 Å². The molecule has 1 saturated heterocycles. The van der Waals surface area contributed by atoms with Crippen molar-refractivity contribution in [1.29, 1.82) is 0 Å². The SMILES string of the molecule is CN1CCN(CCCCCCNC(=O)Nc2snc(OCc3cc(F)c(Cl)cc3F)c2C(=O)O)CC1. The number of nitrogens with one attached hydrogen (secondary N) is 2. The average molecular weight is 546 g/mol. The molecule has 0 bridgehead atoms. The Morgan fingerprint density at radius 3 is 2.58 bits per heavy atom. The lowest BCUT2D eigenvalue weighted by molar-refractivity contribution is 0.0693. The van der Waals surface area contributed by atoms with Crippen LogP contribution in [-0.4, -0.2) is 77.6 Å². The molecule has 1 fully saturated rings. The Morgan fingerprint density at radius 1 is 1.14 bits per heavy atom. The number of carbonyl (C=O) groups excluding carboxylic acids is 1. The van der Waals surface area contributed by atoms with Crippen LogP contribution >= 0.6 is 23.1 Å². The number of unbranched alkanes of at least 4 members (excludes halogenated alkanes) is 3. The fourth-order valence-corrected chi connectivity index (χ4v) is 4.58.